The minimum Gasteiger partial charge on any atom is -0.495 e. The summed E-state index contributed by atoms with van der Waals surface area (Å²) in [5, 5.41) is 1.77. The third-order valence-electron chi connectivity index (χ3n) is 4.89. The zero-order chi connectivity index (χ0) is 18.3. The number of aliphatic imine (C=N–C) groups is 1. The van der Waals surface area contributed by atoms with Crippen molar-refractivity contribution in [1.82, 2.24) is 9.88 Å². The highest BCUT2D eigenvalue weighted by Gasteiger charge is 2.46. The maximum atomic E-state index is 6.40. The fourth-order valence-electron chi connectivity index (χ4n) is 3.70. The van der Waals surface area contributed by atoms with E-state index in [4.69, 9.17) is 21.3 Å². The average molecular weight is 453 g/mol. The molecule has 26 heavy (non-hydrogen) atoms. The van der Waals surface area contributed by atoms with Crippen molar-refractivity contribution in [2.75, 3.05) is 12.9 Å². The van der Waals surface area contributed by atoms with E-state index in [9.17, 15) is 0 Å². The third-order valence-corrected chi connectivity index (χ3v) is 6.82. The zero-order valence-corrected chi connectivity index (χ0v) is 17.7. The highest BCUT2D eigenvalue weighted by molar-refractivity contribution is 9.10. The van der Waals surface area contributed by atoms with Gasteiger partial charge in [-0.25, -0.2) is 0 Å². The number of pyridine rings is 1. The van der Waals surface area contributed by atoms with E-state index in [1.807, 2.05) is 48.3 Å². The van der Waals surface area contributed by atoms with E-state index < -0.39 is 0 Å². The van der Waals surface area contributed by atoms with Gasteiger partial charge in [0.25, 0.3) is 0 Å². The second-order valence-corrected chi connectivity index (χ2v) is 8.62. The minimum atomic E-state index is -0.0766. The molecule has 0 spiro atoms. The zero-order valence-electron chi connectivity index (χ0n) is 14.5. The Hall–Kier alpha value is -1.24. The Bertz CT molecular complexity index is 848. The molecule has 0 aliphatic carbocycles. The second kappa shape index (κ2) is 7.41. The number of thioether (sulfide) groups is 1. The van der Waals surface area contributed by atoms with Gasteiger partial charge in [-0.3, -0.25) is 9.98 Å². The van der Waals surface area contributed by atoms with Gasteiger partial charge < -0.3 is 9.64 Å². The lowest BCUT2D eigenvalue weighted by atomic mass is 9.94. The molecule has 1 aromatic carbocycles. The molecule has 0 N–H and O–H groups in total. The summed E-state index contributed by atoms with van der Waals surface area (Å²) in [6.07, 6.45) is 2.90. The fourth-order valence-corrected chi connectivity index (χ4v) is 6.04. The monoisotopic (exact) mass is 451 g/mol. The van der Waals surface area contributed by atoms with E-state index in [1.165, 1.54) is 0 Å². The third kappa shape index (κ3) is 3.02. The van der Waals surface area contributed by atoms with Crippen molar-refractivity contribution in [3.05, 3.63) is 57.3 Å². The lowest BCUT2D eigenvalue weighted by Gasteiger charge is -2.33. The molecule has 7 heteroatoms. The number of hydrogen-bond acceptors (Lipinski definition) is 5. The van der Waals surface area contributed by atoms with Crippen molar-refractivity contribution in [3.63, 3.8) is 0 Å². The highest BCUT2D eigenvalue weighted by Crippen LogP contribution is 2.52. The van der Waals surface area contributed by atoms with E-state index >= 15 is 0 Å². The molecule has 1 saturated heterocycles. The van der Waals surface area contributed by atoms with Gasteiger partial charge in [0, 0.05) is 28.6 Å². The van der Waals surface area contributed by atoms with Gasteiger partial charge >= 0.3 is 0 Å². The number of fused-ring (bicyclic) bond motifs is 1. The molecule has 2 aliphatic heterocycles. The van der Waals surface area contributed by atoms with Crippen LogP contribution < -0.4 is 4.74 Å². The summed E-state index contributed by atoms with van der Waals surface area (Å²) >= 11 is 11.8. The standard InChI is InChI=1S/C19H19BrClN3OS/c1-3-12-10-26-19-23-16(15-6-4-5-7-22-15)17(24(12)19)13-8-11(21)9-14(20)18(13)25-2/h4-9,12,16-17H,3,10H2,1-2H3. The van der Waals surface area contributed by atoms with Crippen LogP contribution in [0.1, 0.15) is 36.7 Å². The quantitative estimate of drug-likeness (QED) is 0.615. The van der Waals surface area contributed by atoms with Gasteiger partial charge in [-0.15, -0.1) is 0 Å². The number of amidine groups is 1. The molecule has 1 aromatic heterocycles. The Morgan fingerprint density at radius 3 is 2.92 bits per heavy atom. The minimum absolute atomic E-state index is 0.0183. The fraction of sp³-hybridized carbons (Fsp3) is 0.368. The number of halogens is 2. The molecule has 3 atom stereocenters. The molecule has 1 fully saturated rings. The maximum Gasteiger partial charge on any atom is 0.160 e. The summed E-state index contributed by atoms with van der Waals surface area (Å²) in [5.74, 6) is 1.87. The predicted molar refractivity (Wildman–Crippen MR) is 111 cm³/mol. The van der Waals surface area contributed by atoms with Crippen LogP contribution in [-0.4, -0.2) is 34.0 Å². The first-order valence-electron chi connectivity index (χ1n) is 8.56. The Labute approximate surface area is 171 Å². The van der Waals surface area contributed by atoms with Crippen LogP contribution >= 0.6 is 39.3 Å². The van der Waals surface area contributed by atoms with Gasteiger partial charge in [0.1, 0.15) is 11.8 Å². The Morgan fingerprint density at radius 2 is 2.23 bits per heavy atom. The highest BCUT2D eigenvalue weighted by atomic mass is 79.9. The summed E-state index contributed by atoms with van der Waals surface area (Å²) < 4.78 is 6.59. The number of methoxy groups -OCH3 is 1. The normalized spacial score (nSPS) is 24.5. The predicted octanol–water partition coefficient (Wildman–Crippen LogP) is 5.49. The van der Waals surface area contributed by atoms with Gasteiger partial charge in [-0.05, 0) is 46.6 Å². The van der Waals surface area contributed by atoms with Gasteiger partial charge in [0.15, 0.2) is 5.17 Å². The van der Waals surface area contributed by atoms with Crippen LogP contribution in [-0.2, 0) is 0 Å². The maximum absolute atomic E-state index is 6.40. The van der Waals surface area contributed by atoms with Crippen LogP contribution in [0, 0.1) is 0 Å². The van der Waals surface area contributed by atoms with Gasteiger partial charge in [0.2, 0.25) is 0 Å². The summed E-state index contributed by atoms with van der Waals surface area (Å²) in [5.41, 5.74) is 2.01. The molecule has 4 rings (SSSR count). The summed E-state index contributed by atoms with van der Waals surface area (Å²) in [6.45, 7) is 2.23. The second-order valence-electron chi connectivity index (χ2n) is 6.35. The topological polar surface area (TPSA) is 37.7 Å². The van der Waals surface area contributed by atoms with Crippen LogP contribution in [0.5, 0.6) is 5.75 Å². The van der Waals surface area contributed by atoms with Crippen LogP contribution in [0.2, 0.25) is 5.02 Å². The van der Waals surface area contributed by atoms with Gasteiger partial charge in [-0.1, -0.05) is 36.4 Å². The molecule has 3 heterocycles. The van der Waals surface area contributed by atoms with Crippen LogP contribution in [0.25, 0.3) is 0 Å². The molecule has 3 unspecified atom stereocenters. The average Bonchev–Trinajstić information content (AvgIpc) is 3.20. The lowest BCUT2D eigenvalue weighted by Crippen LogP contribution is -2.35. The first-order valence-corrected chi connectivity index (χ1v) is 10.7. The first-order chi connectivity index (χ1) is 12.6. The lowest BCUT2D eigenvalue weighted by molar-refractivity contribution is 0.249. The summed E-state index contributed by atoms with van der Waals surface area (Å²) in [4.78, 5) is 12.1. The number of ether oxygens (including phenoxy) is 1. The Morgan fingerprint density at radius 1 is 1.38 bits per heavy atom. The van der Waals surface area contributed by atoms with E-state index in [2.05, 4.69) is 32.7 Å². The number of nitrogens with zero attached hydrogens (tertiary/aromatic N) is 3. The molecule has 2 aromatic rings. The first kappa shape index (κ1) is 18.1. The molecule has 0 saturated carbocycles. The van der Waals surface area contributed by atoms with Gasteiger partial charge in [0.05, 0.1) is 23.3 Å². The van der Waals surface area contributed by atoms with Crippen molar-refractivity contribution in [2.45, 2.75) is 31.5 Å². The van der Waals surface area contributed by atoms with Crippen molar-refractivity contribution >= 4 is 44.5 Å². The van der Waals surface area contributed by atoms with E-state index in [1.54, 1.807) is 7.11 Å². The van der Waals surface area contributed by atoms with Crippen molar-refractivity contribution in [3.8, 4) is 5.75 Å². The molecular weight excluding hydrogens is 434 g/mol. The van der Waals surface area contributed by atoms with E-state index in [0.29, 0.717) is 11.1 Å². The smallest absolute Gasteiger partial charge is 0.160 e. The summed E-state index contributed by atoms with van der Waals surface area (Å²) in [7, 11) is 1.69. The molecule has 2 aliphatic rings. The van der Waals surface area contributed by atoms with E-state index in [0.717, 1.165) is 38.8 Å². The molecule has 0 amide bonds. The number of hydrogen-bond donors (Lipinski definition) is 0. The van der Waals surface area contributed by atoms with Crippen LogP contribution in [0.3, 0.4) is 0 Å². The Balaban J connectivity index is 1.88. The SMILES string of the molecule is CCC1CSC2=NC(c3ccccn3)C(c3cc(Cl)cc(Br)c3OC)N21. The molecule has 136 valence electrons. The van der Waals surface area contributed by atoms with Crippen LogP contribution in [0.4, 0.5) is 0 Å². The largest absolute Gasteiger partial charge is 0.495 e. The van der Waals surface area contributed by atoms with Gasteiger partial charge in [-0.2, -0.15) is 0 Å². The molecule has 0 bridgehead atoms. The number of rotatable bonds is 4. The van der Waals surface area contributed by atoms with E-state index in [-0.39, 0.29) is 12.1 Å². The summed E-state index contributed by atoms with van der Waals surface area (Å²) in [6, 6.07) is 10.2. The molecule has 4 nitrogen and oxygen atoms in total. The van der Waals surface area contributed by atoms with Crippen molar-refractivity contribution in [1.29, 1.82) is 0 Å². The van der Waals surface area contributed by atoms with Crippen LogP contribution in [0.15, 0.2) is 46.0 Å². The number of benzene rings is 1. The number of aromatic nitrogens is 1. The van der Waals surface area contributed by atoms with Crippen molar-refractivity contribution in [2.24, 2.45) is 4.99 Å². The Kier molecular flexibility index (Phi) is 5.17. The van der Waals surface area contributed by atoms with Crippen molar-refractivity contribution < 1.29 is 4.74 Å². The molecular formula is C19H19BrClN3OS. The molecule has 0 radical (unpaired) electrons.